The minimum absolute atomic E-state index is 0.0216. The number of rotatable bonds is 4. The summed E-state index contributed by atoms with van der Waals surface area (Å²) >= 11 is 0. The van der Waals surface area contributed by atoms with Gasteiger partial charge in [0, 0.05) is 18.3 Å². The maximum atomic E-state index is 12.2. The fraction of sp³-hybridized carbons (Fsp3) is 0.870. The Morgan fingerprint density at radius 2 is 1.75 bits per heavy atom. The molecule has 4 fully saturated rings. The normalized spacial score (nSPS) is 44.9. The summed E-state index contributed by atoms with van der Waals surface area (Å²) in [6, 6.07) is 0. The fourth-order valence-electron chi connectivity index (χ4n) is 7.62. The highest BCUT2D eigenvalue weighted by Crippen LogP contribution is 2.66. The Bertz CT molecular complexity index is 672. The van der Waals surface area contributed by atoms with E-state index in [9.17, 15) is 14.4 Å². The lowest BCUT2D eigenvalue weighted by atomic mass is 9.45. The Morgan fingerprint density at radius 1 is 1.00 bits per heavy atom. The number of carboxylic acids is 1. The Kier molecular flexibility index (Phi) is 5.08. The van der Waals surface area contributed by atoms with E-state index in [2.05, 4.69) is 13.8 Å². The zero-order valence-corrected chi connectivity index (χ0v) is 17.2. The minimum atomic E-state index is -0.955. The van der Waals surface area contributed by atoms with Gasteiger partial charge in [-0.15, -0.1) is 0 Å². The molecule has 0 unspecified atom stereocenters. The molecule has 0 aromatic rings. The van der Waals surface area contributed by atoms with Gasteiger partial charge in [-0.3, -0.25) is 14.4 Å². The number of ether oxygens (including phenoxy) is 1. The van der Waals surface area contributed by atoms with Crippen molar-refractivity contribution in [1.82, 2.24) is 0 Å². The van der Waals surface area contributed by atoms with Crippen molar-refractivity contribution in [3.05, 3.63) is 0 Å². The third kappa shape index (κ3) is 3.19. The first-order valence-electron chi connectivity index (χ1n) is 11.2. The zero-order chi connectivity index (χ0) is 20.1. The second-order valence-electron chi connectivity index (χ2n) is 10.4. The number of ketones is 1. The summed E-state index contributed by atoms with van der Waals surface area (Å²) in [4.78, 5) is 34.9. The van der Waals surface area contributed by atoms with Gasteiger partial charge in [-0.2, -0.15) is 0 Å². The predicted octanol–water partition coefficient (Wildman–Crippen LogP) is 4.37. The third-order valence-electron chi connectivity index (χ3n) is 9.21. The van der Waals surface area contributed by atoms with Gasteiger partial charge in [0.1, 0.15) is 11.9 Å². The van der Waals surface area contributed by atoms with E-state index in [1.165, 1.54) is 19.3 Å². The van der Waals surface area contributed by atoms with Gasteiger partial charge in [0.2, 0.25) is 0 Å². The molecule has 4 aliphatic rings. The number of Topliss-reactive ketones (excluding diaryl/α,β-unsaturated/α-hetero) is 1. The van der Waals surface area contributed by atoms with Crippen molar-refractivity contribution in [2.24, 2.45) is 34.5 Å². The Balaban J connectivity index is 1.47. The van der Waals surface area contributed by atoms with E-state index in [4.69, 9.17) is 9.84 Å². The summed E-state index contributed by atoms with van der Waals surface area (Å²) in [5, 5.41) is 8.80. The van der Waals surface area contributed by atoms with Crippen LogP contribution in [0.4, 0.5) is 0 Å². The molecule has 0 aliphatic heterocycles. The topological polar surface area (TPSA) is 80.7 Å². The molecule has 5 heteroatoms. The summed E-state index contributed by atoms with van der Waals surface area (Å²) in [6.45, 7) is 4.75. The van der Waals surface area contributed by atoms with Crippen LogP contribution in [0.15, 0.2) is 0 Å². The van der Waals surface area contributed by atoms with Gasteiger partial charge in [0.05, 0.1) is 12.8 Å². The highest BCUT2D eigenvalue weighted by molar-refractivity contribution is 5.79. The van der Waals surface area contributed by atoms with Gasteiger partial charge >= 0.3 is 11.9 Å². The van der Waals surface area contributed by atoms with Gasteiger partial charge in [0.15, 0.2) is 0 Å². The van der Waals surface area contributed by atoms with Crippen molar-refractivity contribution in [3.63, 3.8) is 0 Å². The molecule has 1 N–H and O–H groups in total. The van der Waals surface area contributed by atoms with Crippen LogP contribution in [0.2, 0.25) is 0 Å². The summed E-state index contributed by atoms with van der Waals surface area (Å²) in [6.07, 6.45) is 8.95. The Morgan fingerprint density at radius 3 is 2.50 bits per heavy atom. The lowest BCUT2D eigenvalue weighted by Crippen LogP contribution is -2.54. The van der Waals surface area contributed by atoms with Crippen LogP contribution in [0.1, 0.15) is 84.5 Å². The van der Waals surface area contributed by atoms with E-state index in [1.807, 2.05) is 0 Å². The standard InChI is InChI=1S/C23H34O5/c1-22-11-9-15(24)13-14(22)3-4-16-17-5-6-19(23(17,2)12-10-18(16)22)28-21(27)8-7-20(25)26/h14,16-19H,3-13H2,1-2H3,(H,25,26)/t14-,16-,17-,18-,19-,22-,23-/m0/s1. The van der Waals surface area contributed by atoms with Crippen LogP contribution >= 0.6 is 0 Å². The highest BCUT2D eigenvalue weighted by Gasteiger charge is 2.61. The van der Waals surface area contributed by atoms with Crippen molar-refractivity contribution in [3.8, 4) is 0 Å². The molecule has 4 rings (SSSR count). The van der Waals surface area contributed by atoms with E-state index in [0.29, 0.717) is 34.9 Å². The van der Waals surface area contributed by atoms with Crippen LogP contribution in [0.5, 0.6) is 0 Å². The molecule has 0 heterocycles. The highest BCUT2D eigenvalue weighted by atomic mass is 16.5. The van der Waals surface area contributed by atoms with Crippen molar-refractivity contribution >= 4 is 17.7 Å². The molecule has 0 aromatic heterocycles. The molecule has 7 atom stereocenters. The van der Waals surface area contributed by atoms with E-state index in [0.717, 1.165) is 38.5 Å². The van der Waals surface area contributed by atoms with Crippen LogP contribution in [0, 0.1) is 34.5 Å². The maximum absolute atomic E-state index is 12.2. The molecule has 28 heavy (non-hydrogen) atoms. The minimum Gasteiger partial charge on any atom is -0.481 e. The maximum Gasteiger partial charge on any atom is 0.306 e. The quantitative estimate of drug-likeness (QED) is 0.721. The van der Waals surface area contributed by atoms with Crippen LogP contribution in [0.3, 0.4) is 0 Å². The largest absolute Gasteiger partial charge is 0.481 e. The first-order valence-corrected chi connectivity index (χ1v) is 11.2. The first-order chi connectivity index (χ1) is 13.2. The molecule has 5 nitrogen and oxygen atoms in total. The Hall–Kier alpha value is -1.39. The van der Waals surface area contributed by atoms with Crippen molar-refractivity contribution in [2.75, 3.05) is 0 Å². The molecule has 4 aliphatic carbocycles. The van der Waals surface area contributed by atoms with Crippen LogP contribution < -0.4 is 0 Å². The number of carboxylic acid groups (broad SMARTS) is 1. The molecule has 156 valence electrons. The van der Waals surface area contributed by atoms with E-state index >= 15 is 0 Å². The van der Waals surface area contributed by atoms with Crippen molar-refractivity contribution in [2.45, 2.75) is 90.6 Å². The zero-order valence-electron chi connectivity index (χ0n) is 17.2. The molecule has 0 amide bonds. The SMILES string of the molecule is C[C@]12CCC(=O)C[C@@H]1CC[C@@H]1[C@@H]2CC[C@]2(C)[C@@H](OC(=O)CCC(=O)O)CC[C@@H]12. The first kappa shape index (κ1) is 19.9. The molecule has 0 bridgehead atoms. The van der Waals surface area contributed by atoms with E-state index < -0.39 is 5.97 Å². The van der Waals surface area contributed by atoms with Gasteiger partial charge < -0.3 is 9.84 Å². The average Bonchev–Trinajstić information content (AvgIpc) is 2.97. The summed E-state index contributed by atoms with van der Waals surface area (Å²) in [5.41, 5.74) is 0.322. The van der Waals surface area contributed by atoms with Crippen molar-refractivity contribution < 1.29 is 24.2 Å². The molecular formula is C23H34O5. The van der Waals surface area contributed by atoms with Crippen LogP contribution in [-0.2, 0) is 19.1 Å². The second kappa shape index (κ2) is 7.14. The third-order valence-corrected chi connectivity index (χ3v) is 9.21. The number of carbonyl (C=O) groups excluding carboxylic acids is 2. The lowest BCUT2D eigenvalue weighted by Gasteiger charge is -2.60. The van der Waals surface area contributed by atoms with Gasteiger partial charge in [-0.05, 0) is 74.0 Å². The molecule has 0 spiro atoms. The van der Waals surface area contributed by atoms with Crippen LogP contribution in [0.25, 0.3) is 0 Å². The fourth-order valence-corrected chi connectivity index (χ4v) is 7.62. The second-order valence-corrected chi connectivity index (χ2v) is 10.4. The number of hydrogen-bond acceptors (Lipinski definition) is 4. The van der Waals surface area contributed by atoms with E-state index in [-0.39, 0.29) is 30.3 Å². The number of carbonyl (C=O) groups is 3. The van der Waals surface area contributed by atoms with Gasteiger partial charge in [-0.25, -0.2) is 0 Å². The van der Waals surface area contributed by atoms with E-state index in [1.54, 1.807) is 0 Å². The molecule has 4 saturated carbocycles. The number of esters is 1. The molecular weight excluding hydrogens is 356 g/mol. The smallest absolute Gasteiger partial charge is 0.306 e. The van der Waals surface area contributed by atoms with Crippen molar-refractivity contribution in [1.29, 1.82) is 0 Å². The summed E-state index contributed by atoms with van der Waals surface area (Å²) in [7, 11) is 0. The molecule has 0 aromatic carbocycles. The van der Waals surface area contributed by atoms with Crippen LogP contribution in [-0.4, -0.2) is 28.9 Å². The predicted molar refractivity (Wildman–Crippen MR) is 103 cm³/mol. The molecule has 0 radical (unpaired) electrons. The molecule has 0 saturated heterocycles. The summed E-state index contributed by atoms with van der Waals surface area (Å²) < 4.78 is 5.81. The van der Waals surface area contributed by atoms with Gasteiger partial charge in [0.25, 0.3) is 0 Å². The number of hydrogen-bond donors (Lipinski definition) is 1. The lowest BCUT2D eigenvalue weighted by molar-refractivity contribution is -0.165. The monoisotopic (exact) mass is 390 g/mol. The Labute approximate surface area is 167 Å². The van der Waals surface area contributed by atoms with Gasteiger partial charge in [-0.1, -0.05) is 13.8 Å². The number of aliphatic carboxylic acids is 1. The average molecular weight is 391 g/mol. The number of fused-ring (bicyclic) bond motifs is 5. The summed E-state index contributed by atoms with van der Waals surface area (Å²) in [5.74, 6) is 1.65.